The lowest BCUT2D eigenvalue weighted by Crippen LogP contribution is -2.50. The third-order valence-corrected chi connectivity index (χ3v) is 2.87. The van der Waals surface area contributed by atoms with Crippen molar-refractivity contribution in [3.05, 3.63) is 34.9 Å². The molecular weight excluding hydrogens is 194 g/mol. The molecule has 0 saturated carbocycles. The van der Waals surface area contributed by atoms with E-state index < -0.39 is 0 Å². The molecular formula is C12H19ClN+. The summed E-state index contributed by atoms with van der Waals surface area (Å²) in [6, 6.07) is 8.19. The molecule has 0 fully saturated rings. The standard InChI is InChI=1S/C12H18ClN/c1-9(2)12(7-8-14)10-3-5-11(13)6-4-10/h3-6,9,12H,7-8,14H2,1-2H3/p+1/t12-/m1/s1. The number of benzene rings is 1. The second-order valence-corrected chi connectivity index (χ2v) is 4.48. The van der Waals surface area contributed by atoms with E-state index in [2.05, 4.69) is 31.7 Å². The molecule has 0 aliphatic heterocycles. The van der Waals surface area contributed by atoms with Crippen LogP contribution in [0.1, 0.15) is 31.7 Å². The van der Waals surface area contributed by atoms with E-state index >= 15 is 0 Å². The molecule has 1 nitrogen and oxygen atoms in total. The Bertz CT molecular complexity index is 266. The molecule has 1 aromatic rings. The Kier molecular flexibility index (Phi) is 4.43. The maximum Gasteiger partial charge on any atom is 0.0745 e. The van der Waals surface area contributed by atoms with Crippen LogP contribution in [-0.4, -0.2) is 6.54 Å². The highest BCUT2D eigenvalue weighted by atomic mass is 35.5. The lowest BCUT2D eigenvalue weighted by molar-refractivity contribution is -0.369. The zero-order valence-corrected chi connectivity index (χ0v) is 9.72. The fraction of sp³-hybridized carbons (Fsp3) is 0.500. The van der Waals surface area contributed by atoms with E-state index in [1.807, 2.05) is 12.1 Å². The summed E-state index contributed by atoms with van der Waals surface area (Å²) in [5, 5.41) is 0.811. The Hall–Kier alpha value is -0.530. The lowest BCUT2D eigenvalue weighted by Gasteiger charge is -2.19. The molecule has 0 radical (unpaired) electrons. The van der Waals surface area contributed by atoms with Gasteiger partial charge in [0.05, 0.1) is 6.54 Å². The van der Waals surface area contributed by atoms with E-state index in [-0.39, 0.29) is 0 Å². The van der Waals surface area contributed by atoms with Gasteiger partial charge in [0, 0.05) is 11.4 Å². The topological polar surface area (TPSA) is 27.6 Å². The van der Waals surface area contributed by atoms with Gasteiger partial charge in [-0.15, -0.1) is 0 Å². The van der Waals surface area contributed by atoms with Crippen molar-refractivity contribution in [3.8, 4) is 0 Å². The highest BCUT2D eigenvalue weighted by molar-refractivity contribution is 6.30. The number of quaternary nitrogens is 1. The SMILES string of the molecule is CC(C)[C@@H](CC[NH3+])c1ccc(Cl)cc1. The highest BCUT2D eigenvalue weighted by Crippen LogP contribution is 2.27. The molecule has 0 aromatic heterocycles. The van der Waals surface area contributed by atoms with Gasteiger partial charge < -0.3 is 5.73 Å². The van der Waals surface area contributed by atoms with E-state index in [1.165, 1.54) is 5.56 Å². The molecule has 2 heteroatoms. The molecule has 0 saturated heterocycles. The monoisotopic (exact) mass is 212 g/mol. The van der Waals surface area contributed by atoms with Crippen molar-refractivity contribution in [1.29, 1.82) is 0 Å². The molecule has 78 valence electrons. The molecule has 14 heavy (non-hydrogen) atoms. The van der Waals surface area contributed by atoms with Crippen LogP contribution in [0.5, 0.6) is 0 Å². The van der Waals surface area contributed by atoms with Gasteiger partial charge in [-0.2, -0.15) is 0 Å². The van der Waals surface area contributed by atoms with E-state index in [4.69, 9.17) is 11.6 Å². The minimum Gasteiger partial charge on any atom is -0.358 e. The fourth-order valence-corrected chi connectivity index (χ4v) is 1.94. The van der Waals surface area contributed by atoms with Crippen LogP contribution in [0.2, 0.25) is 5.02 Å². The first-order valence-electron chi connectivity index (χ1n) is 5.20. The summed E-state index contributed by atoms with van der Waals surface area (Å²) < 4.78 is 0. The van der Waals surface area contributed by atoms with Gasteiger partial charge in [-0.1, -0.05) is 37.6 Å². The van der Waals surface area contributed by atoms with Crippen LogP contribution in [0, 0.1) is 5.92 Å². The summed E-state index contributed by atoms with van der Waals surface area (Å²) in [7, 11) is 0. The predicted molar refractivity (Wildman–Crippen MR) is 61.4 cm³/mol. The average molecular weight is 213 g/mol. The Morgan fingerprint density at radius 2 is 1.79 bits per heavy atom. The normalized spacial score (nSPS) is 13.2. The third kappa shape index (κ3) is 3.00. The quantitative estimate of drug-likeness (QED) is 0.795. The second-order valence-electron chi connectivity index (χ2n) is 4.04. The van der Waals surface area contributed by atoms with Crippen LogP contribution in [0.25, 0.3) is 0 Å². The van der Waals surface area contributed by atoms with Gasteiger partial charge in [0.25, 0.3) is 0 Å². The summed E-state index contributed by atoms with van der Waals surface area (Å²) in [5.74, 6) is 1.28. The number of halogens is 1. The van der Waals surface area contributed by atoms with Crippen molar-refractivity contribution in [2.45, 2.75) is 26.2 Å². The van der Waals surface area contributed by atoms with Crippen molar-refractivity contribution in [2.75, 3.05) is 6.54 Å². The number of hydrogen-bond donors (Lipinski definition) is 1. The summed E-state index contributed by atoms with van der Waals surface area (Å²) in [5.41, 5.74) is 5.31. The third-order valence-electron chi connectivity index (χ3n) is 2.62. The van der Waals surface area contributed by atoms with Gasteiger partial charge in [-0.3, -0.25) is 0 Å². The van der Waals surface area contributed by atoms with Crippen molar-refractivity contribution < 1.29 is 5.73 Å². The largest absolute Gasteiger partial charge is 0.358 e. The first-order chi connectivity index (χ1) is 6.65. The maximum atomic E-state index is 5.86. The van der Waals surface area contributed by atoms with Crippen LogP contribution < -0.4 is 5.73 Å². The highest BCUT2D eigenvalue weighted by Gasteiger charge is 2.15. The van der Waals surface area contributed by atoms with Gasteiger partial charge in [-0.05, 0) is 29.5 Å². The Morgan fingerprint density at radius 1 is 1.21 bits per heavy atom. The van der Waals surface area contributed by atoms with E-state index in [1.54, 1.807) is 0 Å². The first-order valence-corrected chi connectivity index (χ1v) is 5.57. The van der Waals surface area contributed by atoms with Crippen LogP contribution in [0.4, 0.5) is 0 Å². The first kappa shape index (κ1) is 11.5. The summed E-state index contributed by atoms with van der Waals surface area (Å²) in [6.45, 7) is 5.51. The summed E-state index contributed by atoms with van der Waals surface area (Å²) in [4.78, 5) is 0. The molecule has 1 rings (SSSR count). The fourth-order valence-electron chi connectivity index (χ4n) is 1.81. The Balaban J connectivity index is 2.82. The molecule has 1 atom stereocenters. The van der Waals surface area contributed by atoms with Gasteiger partial charge in [0.1, 0.15) is 0 Å². The van der Waals surface area contributed by atoms with Gasteiger partial charge in [0.15, 0.2) is 0 Å². The lowest BCUT2D eigenvalue weighted by atomic mass is 9.86. The zero-order valence-electron chi connectivity index (χ0n) is 8.96. The van der Waals surface area contributed by atoms with Crippen molar-refractivity contribution in [1.82, 2.24) is 0 Å². The summed E-state index contributed by atoms with van der Waals surface area (Å²) >= 11 is 5.86. The molecule has 0 bridgehead atoms. The maximum absolute atomic E-state index is 5.86. The van der Waals surface area contributed by atoms with Crippen molar-refractivity contribution in [3.63, 3.8) is 0 Å². The van der Waals surface area contributed by atoms with Crippen LogP contribution in [0.3, 0.4) is 0 Å². The second kappa shape index (κ2) is 5.38. The minimum absolute atomic E-state index is 0.616. The van der Waals surface area contributed by atoms with E-state index in [0.717, 1.165) is 18.0 Å². The molecule has 0 unspecified atom stereocenters. The molecule has 0 aliphatic rings. The van der Waals surface area contributed by atoms with Crippen LogP contribution in [-0.2, 0) is 0 Å². The van der Waals surface area contributed by atoms with Crippen molar-refractivity contribution >= 4 is 11.6 Å². The molecule has 0 spiro atoms. The van der Waals surface area contributed by atoms with Crippen LogP contribution >= 0.6 is 11.6 Å². The Labute approximate surface area is 91.3 Å². The van der Waals surface area contributed by atoms with Crippen LogP contribution in [0.15, 0.2) is 24.3 Å². The van der Waals surface area contributed by atoms with Gasteiger partial charge in [0.2, 0.25) is 0 Å². The smallest absolute Gasteiger partial charge is 0.0745 e. The molecule has 0 aliphatic carbocycles. The molecule has 3 N–H and O–H groups in total. The van der Waals surface area contributed by atoms with E-state index in [0.29, 0.717) is 11.8 Å². The van der Waals surface area contributed by atoms with Gasteiger partial charge in [-0.25, -0.2) is 0 Å². The number of rotatable bonds is 4. The zero-order chi connectivity index (χ0) is 10.6. The molecule has 0 amide bonds. The minimum atomic E-state index is 0.616. The predicted octanol–water partition coefficient (Wildman–Crippen LogP) is 2.71. The average Bonchev–Trinajstić information content (AvgIpc) is 2.15. The molecule has 0 heterocycles. The molecule has 1 aromatic carbocycles. The van der Waals surface area contributed by atoms with Gasteiger partial charge >= 0.3 is 0 Å². The van der Waals surface area contributed by atoms with Crippen molar-refractivity contribution in [2.24, 2.45) is 5.92 Å². The summed E-state index contributed by atoms with van der Waals surface area (Å²) in [6.07, 6.45) is 1.15. The van der Waals surface area contributed by atoms with E-state index in [9.17, 15) is 0 Å². The number of hydrogen-bond acceptors (Lipinski definition) is 0. The Morgan fingerprint density at radius 3 is 2.21 bits per heavy atom.